The van der Waals surface area contributed by atoms with Crippen LogP contribution in [0.2, 0.25) is 0 Å². The van der Waals surface area contributed by atoms with Crippen molar-refractivity contribution in [2.75, 3.05) is 13.1 Å². The van der Waals surface area contributed by atoms with E-state index in [4.69, 9.17) is 0 Å². The van der Waals surface area contributed by atoms with Crippen LogP contribution >= 0.6 is 0 Å². The highest BCUT2D eigenvalue weighted by Gasteiger charge is 2.30. The van der Waals surface area contributed by atoms with Crippen LogP contribution in [0.4, 0.5) is 5.69 Å². The van der Waals surface area contributed by atoms with E-state index in [0.717, 1.165) is 31.5 Å². The van der Waals surface area contributed by atoms with Gasteiger partial charge in [-0.25, -0.2) is 4.98 Å². The Labute approximate surface area is 147 Å². The SMILES string of the molecule is C[C@@H](c1cccc([N+](=O)[O-])c1)N1CCC([C@@H](O)c2nccn2C)CC1. The molecule has 0 radical (unpaired) electrons. The molecule has 25 heavy (non-hydrogen) atoms. The number of aliphatic hydroxyl groups is 1. The van der Waals surface area contributed by atoms with Gasteiger partial charge < -0.3 is 9.67 Å². The molecule has 134 valence electrons. The molecule has 7 heteroatoms. The minimum atomic E-state index is -0.546. The summed E-state index contributed by atoms with van der Waals surface area (Å²) in [5.74, 6) is 0.903. The first-order valence-electron chi connectivity index (χ1n) is 8.61. The van der Waals surface area contributed by atoms with Crippen molar-refractivity contribution in [3.8, 4) is 0 Å². The maximum atomic E-state index is 11.0. The van der Waals surface area contributed by atoms with Crippen LogP contribution in [-0.4, -0.2) is 37.6 Å². The van der Waals surface area contributed by atoms with Crippen LogP contribution in [0.3, 0.4) is 0 Å². The van der Waals surface area contributed by atoms with Crippen LogP contribution in [0.25, 0.3) is 0 Å². The fraction of sp³-hybridized carbons (Fsp3) is 0.500. The summed E-state index contributed by atoms with van der Waals surface area (Å²) in [6.45, 7) is 3.79. The number of imidazole rings is 1. The lowest BCUT2D eigenvalue weighted by molar-refractivity contribution is -0.385. The van der Waals surface area contributed by atoms with Gasteiger partial charge in [-0.2, -0.15) is 0 Å². The zero-order valence-corrected chi connectivity index (χ0v) is 14.6. The van der Waals surface area contributed by atoms with E-state index >= 15 is 0 Å². The monoisotopic (exact) mass is 344 g/mol. The standard InChI is InChI=1S/C18H24N4O3/c1-13(15-4-3-5-16(12-15)22(24)25)21-9-6-14(7-10-21)17(23)18-19-8-11-20(18)2/h3-5,8,11-14,17,23H,6-7,9-10H2,1-2H3/t13-,17+/m0/s1. The number of hydrogen-bond acceptors (Lipinski definition) is 5. The summed E-state index contributed by atoms with van der Waals surface area (Å²) in [5.41, 5.74) is 1.08. The fourth-order valence-electron chi connectivity index (χ4n) is 3.60. The van der Waals surface area contributed by atoms with Gasteiger partial charge in [0.2, 0.25) is 0 Å². The number of likely N-dealkylation sites (tertiary alicyclic amines) is 1. The number of aromatic nitrogens is 2. The van der Waals surface area contributed by atoms with Crippen LogP contribution in [0.1, 0.15) is 43.3 Å². The van der Waals surface area contributed by atoms with E-state index in [2.05, 4.69) is 16.8 Å². The predicted octanol–water partition coefficient (Wildman–Crippen LogP) is 2.83. The van der Waals surface area contributed by atoms with E-state index in [-0.39, 0.29) is 22.6 Å². The third-order valence-electron chi connectivity index (χ3n) is 5.25. The fourth-order valence-corrected chi connectivity index (χ4v) is 3.60. The molecular formula is C18H24N4O3. The number of non-ortho nitro benzene ring substituents is 1. The zero-order chi connectivity index (χ0) is 18.0. The predicted molar refractivity (Wildman–Crippen MR) is 94.0 cm³/mol. The van der Waals surface area contributed by atoms with Gasteiger partial charge in [-0.3, -0.25) is 15.0 Å². The smallest absolute Gasteiger partial charge is 0.269 e. The molecule has 0 saturated carbocycles. The normalized spacial score (nSPS) is 18.8. The number of nitro benzene ring substituents is 1. The Bertz CT molecular complexity index is 737. The topological polar surface area (TPSA) is 84.4 Å². The van der Waals surface area contributed by atoms with Gasteiger partial charge in [0.25, 0.3) is 5.69 Å². The minimum Gasteiger partial charge on any atom is -0.385 e. The number of nitrogens with zero attached hydrogens (tertiary/aromatic N) is 4. The second kappa shape index (κ2) is 7.33. The molecule has 1 fully saturated rings. The summed E-state index contributed by atoms with van der Waals surface area (Å²) < 4.78 is 1.86. The van der Waals surface area contributed by atoms with Crippen LogP contribution in [0.5, 0.6) is 0 Å². The lowest BCUT2D eigenvalue weighted by Gasteiger charge is -2.37. The summed E-state index contributed by atoms with van der Waals surface area (Å²) in [7, 11) is 1.89. The summed E-state index contributed by atoms with van der Waals surface area (Å²) >= 11 is 0. The molecule has 1 aliphatic rings. The van der Waals surface area contributed by atoms with E-state index < -0.39 is 6.10 Å². The molecule has 1 aromatic heterocycles. The Morgan fingerprint density at radius 3 is 2.68 bits per heavy atom. The van der Waals surface area contributed by atoms with Gasteiger partial charge in [0.1, 0.15) is 11.9 Å². The van der Waals surface area contributed by atoms with Crippen molar-refractivity contribution in [2.24, 2.45) is 13.0 Å². The number of piperidine rings is 1. The van der Waals surface area contributed by atoms with Crippen LogP contribution < -0.4 is 0 Å². The Kier molecular flexibility index (Phi) is 5.15. The van der Waals surface area contributed by atoms with Gasteiger partial charge in [-0.15, -0.1) is 0 Å². The molecule has 0 spiro atoms. The molecule has 1 aliphatic heterocycles. The molecule has 0 amide bonds. The van der Waals surface area contributed by atoms with Crippen molar-refractivity contribution in [3.05, 3.63) is 58.2 Å². The first-order valence-corrected chi connectivity index (χ1v) is 8.61. The van der Waals surface area contributed by atoms with Crippen LogP contribution in [-0.2, 0) is 7.05 Å². The number of benzene rings is 1. The molecule has 1 saturated heterocycles. The first-order chi connectivity index (χ1) is 12.0. The van der Waals surface area contributed by atoms with E-state index in [1.807, 2.05) is 23.9 Å². The van der Waals surface area contributed by atoms with Gasteiger partial charge in [0, 0.05) is 37.6 Å². The van der Waals surface area contributed by atoms with E-state index in [9.17, 15) is 15.2 Å². The lowest BCUT2D eigenvalue weighted by atomic mass is 9.89. The largest absolute Gasteiger partial charge is 0.385 e. The van der Waals surface area contributed by atoms with Crippen molar-refractivity contribution < 1.29 is 10.0 Å². The second-order valence-corrected chi connectivity index (χ2v) is 6.74. The number of aryl methyl sites for hydroxylation is 1. The quantitative estimate of drug-likeness (QED) is 0.666. The van der Waals surface area contributed by atoms with E-state index in [0.29, 0.717) is 5.82 Å². The molecule has 2 atom stereocenters. The lowest BCUT2D eigenvalue weighted by Crippen LogP contribution is -2.37. The van der Waals surface area contributed by atoms with Crippen molar-refractivity contribution in [1.29, 1.82) is 0 Å². The van der Waals surface area contributed by atoms with Gasteiger partial charge >= 0.3 is 0 Å². The maximum absolute atomic E-state index is 11.0. The zero-order valence-electron chi connectivity index (χ0n) is 14.6. The molecule has 7 nitrogen and oxygen atoms in total. The Morgan fingerprint density at radius 1 is 1.36 bits per heavy atom. The molecule has 2 heterocycles. The number of hydrogen-bond donors (Lipinski definition) is 1. The Morgan fingerprint density at radius 2 is 2.08 bits per heavy atom. The van der Waals surface area contributed by atoms with E-state index in [1.165, 1.54) is 6.07 Å². The molecule has 1 N–H and O–H groups in total. The third kappa shape index (κ3) is 3.72. The molecule has 1 aromatic carbocycles. The van der Waals surface area contributed by atoms with Crippen molar-refractivity contribution in [1.82, 2.24) is 14.5 Å². The average molecular weight is 344 g/mol. The van der Waals surface area contributed by atoms with E-state index in [1.54, 1.807) is 18.3 Å². The molecule has 0 bridgehead atoms. The Balaban J connectivity index is 1.63. The molecule has 0 aliphatic carbocycles. The number of nitro groups is 1. The highest BCUT2D eigenvalue weighted by molar-refractivity contribution is 5.35. The summed E-state index contributed by atoms with van der Waals surface area (Å²) in [6.07, 6.45) is 4.77. The van der Waals surface area contributed by atoms with Gasteiger partial charge in [0.15, 0.2) is 0 Å². The second-order valence-electron chi connectivity index (χ2n) is 6.74. The van der Waals surface area contributed by atoms with Gasteiger partial charge in [0.05, 0.1) is 4.92 Å². The minimum absolute atomic E-state index is 0.117. The Hall–Kier alpha value is -2.25. The van der Waals surface area contributed by atoms with Crippen molar-refractivity contribution in [3.63, 3.8) is 0 Å². The van der Waals surface area contributed by atoms with Gasteiger partial charge in [-0.05, 0) is 44.3 Å². The first kappa shape index (κ1) is 17.6. The third-order valence-corrected chi connectivity index (χ3v) is 5.25. The molecule has 3 rings (SSSR count). The molecule has 0 unspecified atom stereocenters. The average Bonchev–Trinajstić information content (AvgIpc) is 3.06. The van der Waals surface area contributed by atoms with Crippen LogP contribution in [0, 0.1) is 16.0 Å². The molecule has 2 aromatic rings. The number of aliphatic hydroxyl groups excluding tert-OH is 1. The maximum Gasteiger partial charge on any atom is 0.269 e. The van der Waals surface area contributed by atoms with Gasteiger partial charge in [-0.1, -0.05) is 12.1 Å². The van der Waals surface area contributed by atoms with Crippen molar-refractivity contribution in [2.45, 2.75) is 31.9 Å². The number of rotatable bonds is 5. The highest BCUT2D eigenvalue weighted by Crippen LogP contribution is 2.33. The summed E-state index contributed by atoms with van der Waals surface area (Å²) in [5, 5.41) is 21.5. The molecular weight excluding hydrogens is 320 g/mol. The van der Waals surface area contributed by atoms with Crippen molar-refractivity contribution >= 4 is 5.69 Å². The van der Waals surface area contributed by atoms with Crippen LogP contribution in [0.15, 0.2) is 36.7 Å². The summed E-state index contributed by atoms with van der Waals surface area (Å²) in [6, 6.07) is 6.96. The highest BCUT2D eigenvalue weighted by atomic mass is 16.6. The summed E-state index contributed by atoms with van der Waals surface area (Å²) in [4.78, 5) is 17.2.